The Bertz CT molecular complexity index is 539. The van der Waals surface area contributed by atoms with Gasteiger partial charge in [-0.1, -0.05) is 11.6 Å². The number of carbonyl (C=O) groups excluding carboxylic acids is 1. The van der Waals surface area contributed by atoms with E-state index in [1.807, 2.05) is 0 Å². The number of nitrogens with zero attached hydrogens (tertiary/aromatic N) is 1. The second-order valence-corrected chi connectivity index (χ2v) is 5.67. The van der Waals surface area contributed by atoms with Crippen LogP contribution in [0.15, 0.2) is 12.1 Å². The third-order valence-corrected chi connectivity index (χ3v) is 4.03. The number of nitrogens with one attached hydrogen (secondary N) is 2. The van der Waals surface area contributed by atoms with E-state index in [-0.39, 0.29) is 5.91 Å². The molecule has 2 N–H and O–H groups in total. The van der Waals surface area contributed by atoms with Crippen molar-refractivity contribution in [1.82, 2.24) is 10.2 Å². The van der Waals surface area contributed by atoms with Gasteiger partial charge < -0.3 is 20.1 Å². The summed E-state index contributed by atoms with van der Waals surface area (Å²) in [4.78, 5) is 14.4. The van der Waals surface area contributed by atoms with Crippen LogP contribution in [0.4, 0.5) is 5.69 Å². The number of ether oxygens (including phenoxy) is 2. The van der Waals surface area contributed by atoms with Crippen LogP contribution in [0.2, 0.25) is 5.02 Å². The summed E-state index contributed by atoms with van der Waals surface area (Å²) in [5, 5.41) is 6.61. The van der Waals surface area contributed by atoms with Crippen molar-refractivity contribution >= 4 is 23.2 Å². The predicted octanol–water partition coefficient (Wildman–Crippen LogP) is 1.59. The first-order chi connectivity index (χ1) is 10.5. The molecule has 1 aromatic carbocycles. The van der Waals surface area contributed by atoms with Crippen LogP contribution in [-0.4, -0.2) is 57.2 Å². The van der Waals surface area contributed by atoms with Gasteiger partial charge in [0, 0.05) is 37.8 Å². The van der Waals surface area contributed by atoms with E-state index >= 15 is 0 Å². The summed E-state index contributed by atoms with van der Waals surface area (Å²) in [6, 6.07) is 3.63. The number of hydrogen-bond donors (Lipinski definition) is 2. The number of methoxy groups -OCH3 is 2. The van der Waals surface area contributed by atoms with Crippen molar-refractivity contribution in [2.75, 3.05) is 45.7 Å². The molecule has 1 fully saturated rings. The van der Waals surface area contributed by atoms with Crippen LogP contribution in [-0.2, 0) is 4.79 Å². The molecule has 122 valence electrons. The number of benzene rings is 1. The summed E-state index contributed by atoms with van der Waals surface area (Å²) < 4.78 is 10.4. The summed E-state index contributed by atoms with van der Waals surface area (Å²) >= 11 is 6.06. The van der Waals surface area contributed by atoms with Gasteiger partial charge in [-0.05, 0) is 6.92 Å². The summed E-state index contributed by atoms with van der Waals surface area (Å²) in [7, 11) is 3.06. The monoisotopic (exact) mass is 327 g/mol. The summed E-state index contributed by atoms with van der Waals surface area (Å²) in [5.74, 6) is 0.914. The van der Waals surface area contributed by atoms with E-state index in [2.05, 4.69) is 22.5 Å². The topological polar surface area (TPSA) is 62.8 Å². The minimum atomic E-state index is -0.0866. The van der Waals surface area contributed by atoms with Gasteiger partial charge in [0.05, 0.1) is 31.5 Å². The van der Waals surface area contributed by atoms with Crippen molar-refractivity contribution in [3.63, 3.8) is 0 Å². The highest BCUT2D eigenvalue weighted by molar-refractivity contribution is 6.32. The molecule has 6 nitrogen and oxygen atoms in total. The maximum absolute atomic E-state index is 12.3. The molecule has 1 aliphatic heterocycles. The van der Waals surface area contributed by atoms with E-state index in [0.717, 1.165) is 19.6 Å². The van der Waals surface area contributed by atoms with Gasteiger partial charge in [-0.15, -0.1) is 0 Å². The lowest BCUT2D eigenvalue weighted by molar-refractivity contribution is -0.118. The molecule has 7 heteroatoms. The Morgan fingerprint density at radius 3 is 2.77 bits per heavy atom. The Balaban J connectivity index is 2.07. The lowest BCUT2D eigenvalue weighted by atomic mass is 10.2. The van der Waals surface area contributed by atoms with Crippen molar-refractivity contribution in [2.24, 2.45) is 0 Å². The number of piperazine rings is 1. The fourth-order valence-corrected chi connectivity index (χ4v) is 2.68. The molecule has 0 saturated carbocycles. The summed E-state index contributed by atoms with van der Waals surface area (Å²) in [6.07, 6.45) is 0. The average Bonchev–Trinajstić information content (AvgIpc) is 2.50. The van der Waals surface area contributed by atoms with E-state index in [4.69, 9.17) is 21.1 Å². The molecule has 0 unspecified atom stereocenters. The number of amides is 1. The average molecular weight is 328 g/mol. The van der Waals surface area contributed by atoms with Gasteiger partial charge in [0.2, 0.25) is 5.91 Å². The molecular formula is C15H22ClN3O3. The Kier molecular flexibility index (Phi) is 5.88. The summed E-state index contributed by atoms with van der Waals surface area (Å²) in [5.41, 5.74) is 0.552. The van der Waals surface area contributed by atoms with Crippen LogP contribution in [0.25, 0.3) is 0 Å². The molecule has 0 spiro atoms. The van der Waals surface area contributed by atoms with Gasteiger partial charge in [0.15, 0.2) is 0 Å². The normalized spacial score (nSPS) is 18.8. The molecule has 1 heterocycles. The predicted molar refractivity (Wildman–Crippen MR) is 87.1 cm³/mol. The molecule has 1 aliphatic rings. The van der Waals surface area contributed by atoms with E-state index in [0.29, 0.717) is 34.8 Å². The van der Waals surface area contributed by atoms with E-state index in [1.165, 1.54) is 14.2 Å². The van der Waals surface area contributed by atoms with Gasteiger partial charge in [-0.3, -0.25) is 9.69 Å². The van der Waals surface area contributed by atoms with Gasteiger partial charge >= 0.3 is 0 Å². The van der Waals surface area contributed by atoms with Crippen LogP contribution in [0.5, 0.6) is 11.5 Å². The highest BCUT2D eigenvalue weighted by atomic mass is 35.5. The Labute approximate surface area is 135 Å². The third-order valence-electron chi connectivity index (χ3n) is 3.73. The molecule has 1 atom stereocenters. The van der Waals surface area contributed by atoms with Crippen molar-refractivity contribution in [3.05, 3.63) is 17.2 Å². The zero-order valence-electron chi connectivity index (χ0n) is 13.1. The van der Waals surface area contributed by atoms with E-state index in [9.17, 15) is 4.79 Å². The minimum absolute atomic E-state index is 0.0866. The van der Waals surface area contributed by atoms with Crippen molar-refractivity contribution in [2.45, 2.75) is 13.0 Å². The number of halogens is 1. The molecular weight excluding hydrogens is 306 g/mol. The Morgan fingerprint density at radius 1 is 1.41 bits per heavy atom. The number of carbonyl (C=O) groups is 1. The standard InChI is InChI=1S/C15H22ClN3O3/c1-10-8-17-4-5-19(10)9-15(20)18-12-7-13(21-2)11(16)6-14(12)22-3/h6-7,10,17H,4-5,8-9H2,1-3H3,(H,18,20)/t10-/m1/s1. The zero-order chi connectivity index (χ0) is 16.1. The van der Waals surface area contributed by atoms with Crippen LogP contribution >= 0.6 is 11.6 Å². The molecule has 1 amide bonds. The fraction of sp³-hybridized carbons (Fsp3) is 0.533. The molecule has 0 radical (unpaired) electrons. The highest BCUT2D eigenvalue weighted by Gasteiger charge is 2.21. The largest absolute Gasteiger partial charge is 0.495 e. The first kappa shape index (κ1) is 16.9. The van der Waals surface area contributed by atoms with Crippen molar-refractivity contribution in [1.29, 1.82) is 0 Å². The summed E-state index contributed by atoms with van der Waals surface area (Å²) in [6.45, 7) is 5.10. The maximum Gasteiger partial charge on any atom is 0.238 e. The minimum Gasteiger partial charge on any atom is -0.495 e. The zero-order valence-corrected chi connectivity index (χ0v) is 13.9. The van der Waals surface area contributed by atoms with Gasteiger partial charge in [-0.2, -0.15) is 0 Å². The van der Waals surface area contributed by atoms with Gasteiger partial charge in [0.1, 0.15) is 11.5 Å². The smallest absolute Gasteiger partial charge is 0.238 e. The highest BCUT2D eigenvalue weighted by Crippen LogP contribution is 2.35. The Morgan fingerprint density at radius 2 is 2.14 bits per heavy atom. The number of rotatable bonds is 5. The van der Waals surface area contributed by atoms with Crippen LogP contribution < -0.4 is 20.1 Å². The number of hydrogen-bond acceptors (Lipinski definition) is 5. The maximum atomic E-state index is 12.3. The molecule has 1 saturated heterocycles. The quantitative estimate of drug-likeness (QED) is 0.860. The van der Waals surface area contributed by atoms with Crippen LogP contribution in [0, 0.1) is 0 Å². The molecule has 2 rings (SSSR count). The van der Waals surface area contributed by atoms with Gasteiger partial charge in [0.25, 0.3) is 0 Å². The first-order valence-electron chi connectivity index (χ1n) is 7.21. The second-order valence-electron chi connectivity index (χ2n) is 5.26. The first-order valence-corrected chi connectivity index (χ1v) is 7.59. The lowest BCUT2D eigenvalue weighted by Crippen LogP contribution is -2.51. The van der Waals surface area contributed by atoms with Gasteiger partial charge in [-0.25, -0.2) is 0 Å². The number of anilines is 1. The van der Waals surface area contributed by atoms with Crippen molar-refractivity contribution in [3.8, 4) is 11.5 Å². The molecule has 1 aromatic rings. The Hall–Kier alpha value is -1.50. The molecule has 0 aromatic heterocycles. The van der Waals surface area contributed by atoms with E-state index in [1.54, 1.807) is 12.1 Å². The van der Waals surface area contributed by atoms with Crippen molar-refractivity contribution < 1.29 is 14.3 Å². The molecule has 0 aliphatic carbocycles. The molecule has 0 bridgehead atoms. The van der Waals surface area contributed by atoms with E-state index < -0.39 is 0 Å². The lowest BCUT2D eigenvalue weighted by Gasteiger charge is -2.33. The van der Waals surface area contributed by atoms with Crippen LogP contribution in [0.1, 0.15) is 6.92 Å². The SMILES string of the molecule is COc1cc(NC(=O)CN2CCNC[C@H]2C)c(OC)cc1Cl. The van der Waals surface area contributed by atoms with Crippen LogP contribution in [0.3, 0.4) is 0 Å². The fourth-order valence-electron chi connectivity index (χ4n) is 2.45. The second kappa shape index (κ2) is 7.67. The molecule has 22 heavy (non-hydrogen) atoms. The third kappa shape index (κ3) is 4.03.